The van der Waals surface area contributed by atoms with Crippen LogP contribution in [0.5, 0.6) is 0 Å². The van der Waals surface area contributed by atoms with Gasteiger partial charge >= 0.3 is 0 Å². The van der Waals surface area contributed by atoms with Crippen molar-refractivity contribution < 1.29 is 0 Å². The van der Waals surface area contributed by atoms with Gasteiger partial charge in [-0.15, -0.1) is 11.3 Å². The largest absolute Gasteiger partial charge is 0.314 e. The van der Waals surface area contributed by atoms with Crippen molar-refractivity contribution in [3.05, 3.63) is 34.5 Å². The minimum Gasteiger partial charge on any atom is -0.314 e. The standard InChI is InChI=1S/C12H19NS/c1-11(2)13-9-5-3-4-7-12-8-6-10-14-12/h3-4,6,8,10-11,13H,5,7,9H2,1-2H3. The molecule has 1 aromatic rings. The van der Waals surface area contributed by atoms with E-state index in [4.69, 9.17) is 0 Å². The molecule has 0 spiro atoms. The average Bonchev–Trinajstić information content (AvgIpc) is 2.63. The van der Waals surface area contributed by atoms with Crippen molar-refractivity contribution in [1.82, 2.24) is 5.32 Å². The van der Waals surface area contributed by atoms with E-state index in [1.54, 1.807) is 0 Å². The summed E-state index contributed by atoms with van der Waals surface area (Å²) in [4.78, 5) is 1.44. The lowest BCUT2D eigenvalue weighted by atomic mass is 10.3. The number of thiophene rings is 1. The average molecular weight is 209 g/mol. The summed E-state index contributed by atoms with van der Waals surface area (Å²) in [5.41, 5.74) is 0. The van der Waals surface area contributed by atoms with Gasteiger partial charge in [-0.2, -0.15) is 0 Å². The molecule has 0 aliphatic rings. The Bertz CT molecular complexity index is 249. The molecule has 0 fully saturated rings. The highest BCUT2D eigenvalue weighted by Crippen LogP contribution is 2.09. The number of nitrogens with one attached hydrogen (secondary N) is 1. The molecule has 1 rings (SSSR count). The predicted molar refractivity (Wildman–Crippen MR) is 64.9 cm³/mol. The van der Waals surface area contributed by atoms with Gasteiger partial charge in [0.25, 0.3) is 0 Å². The molecule has 0 saturated heterocycles. The van der Waals surface area contributed by atoms with Gasteiger partial charge in [0.05, 0.1) is 0 Å². The van der Waals surface area contributed by atoms with Gasteiger partial charge in [0.1, 0.15) is 0 Å². The summed E-state index contributed by atoms with van der Waals surface area (Å²) in [6.45, 7) is 5.43. The van der Waals surface area contributed by atoms with Gasteiger partial charge in [-0.05, 0) is 30.8 Å². The molecular formula is C12H19NS. The van der Waals surface area contributed by atoms with E-state index >= 15 is 0 Å². The normalized spacial score (nSPS) is 11.6. The topological polar surface area (TPSA) is 12.0 Å². The highest BCUT2D eigenvalue weighted by Gasteiger charge is 1.89. The lowest BCUT2D eigenvalue weighted by Gasteiger charge is -2.04. The molecule has 0 aliphatic carbocycles. The zero-order chi connectivity index (χ0) is 10.2. The van der Waals surface area contributed by atoms with Gasteiger partial charge < -0.3 is 5.32 Å². The molecule has 1 heterocycles. The zero-order valence-electron chi connectivity index (χ0n) is 8.99. The van der Waals surface area contributed by atoms with Crippen LogP contribution >= 0.6 is 11.3 Å². The van der Waals surface area contributed by atoms with Crippen molar-refractivity contribution in [2.24, 2.45) is 0 Å². The molecule has 1 N–H and O–H groups in total. The van der Waals surface area contributed by atoms with E-state index in [1.165, 1.54) is 4.88 Å². The van der Waals surface area contributed by atoms with E-state index in [0.717, 1.165) is 19.4 Å². The molecule has 1 nitrogen and oxygen atoms in total. The third-order valence-corrected chi connectivity index (χ3v) is 2.83. The lowest BCUT2D eigenvalue weighted by Crippen LogP contribution is -2.23. The molecule has 0 amide bonds. The van der Waals surface area contributed by atoms with Gasteiger partial charge in [-0.1, -0.05) is 32.1 Å². The van der Waals surface area contributed by atoms with Gasteiger partial charge in [0, 0.05) is 10.9 Å². The Morgan fingerprint density at radius 1 is 1.43 bits per heavy atom. The SMILES string of the molecule is CC(C)NCCC=CCc1cccs1. The summed E-state index contributed by atoms with van der Waals surface area (Å²) in [6.07, 6.45) is 6.73. The van der Waals surface area contributed by atoms with Crippen LogP contribution in [0, 0.1) is 0 Å². The highest BCUT2D eigenvalue weighted by molar-refractivity contribution is 7.09. The fourth-order valence-corrected chi connectivity index (χ4v) is 1.88. The lowest BCUT2D eigenvalue weighted by molar-refractivity contribution is 0.594. The van der Waals surface area contributed by atoms with Crippen molar-refractivity contribution in [3.8, 4) is 0 Å². The van der Waals surface area contributed by atoms with E-state index in [0.29, 0.717) is 6.04 Å². The number of allylic oxidation sites excluding steroid dienone is 1. The minimum atomic E-state index is 0.598. The Kier molecular flexibility index (Phi) is 5.57. The van der Waals surface area contributed by atoms with Crippen LogP contribution in [0.15, 0.2) is 29.7 Å². The molecule has 2 heteroatoms. The van der Waals surface area contributed by atoms with Gasteiger partial charge in [0.15, 0.2) is 0 Å². The first kappa shape index (κ1) is 11.5. The first-order chi connectivity index (χ1) is 6.79. The maximum Gasteiger partial charge on any atom is 0.00828 e. The molecule has 1 aromatic heterocycles. The van der Waals surface area contributed by atoms with Crippen LogP contribution in [-0.4, -0.2) is 12.6 Å². The predicted octanol–water partition coefficient (Wildman–Crippen LogP) is 3.23. The van der Waals surface area contributed by atoms with Crippen LogP contribution < -0.4 is 5.32 Å². The second-order valence-corrected chi connectivity index (χ2v) is 4.68. The number of rotatable bonds is 6. The van der Waals surface area contributed by atoms with Crippen LogP contribution in [0.1, 0.15) is 25.1 Å². The van der Waals surface area contributed by atoms with E-state index < -0.39 is 0 Å². The van der Waals surface area contributed by atoms with Crippen molar-refractivity contribution in [2.75, 3.05) is 6.54 Å². The van der Waals surface area contributed by atoms with Crippen molar-refractivity contribution in [1.29, 1.82) is 0 Å². The highest BCUT2D eigenvalue weighted by atomic mass is 32.1. The summed E-state index contributed by atoms with van der Waals surface area (Å²) >= 11 is 1.82. The van der Waals surface area contributed by atoms with Crippen molar-refractivity contribution in [3.63, 3.8) is 0 Å². The van der Waals surface area contributed by atoms with Crippen LogP contribution in [-0.2, 0) is 6.42 Å². The zero-order valence-corrected chi connectivity index (χ0v) is 9.81. The maximum absolute atomic E-state index is 3.39. The molecule has 0 bridgehead atoms. The Balaban J connectivity index is 2.04. The van der Waals surface area contributed by atoms with Crippen molar-refractivity contribution in [2.45, 2.75) is 32.7 Å². The molecule has 0 unspecified atom stereocenters. The summed E-state index contributed by atoms with van der Waals surface area (Å²) in [5.74, 6) is 0. The third kappa shape index (κ3) is 5.20. The van der Waals surface area contributed by atoms with Crippen LogP contribution in [0.2, 0.25) is 0 Å². The molecule has 0 radical (unpaired) electrons. The van der Waals surface area contributed by atoms with Crippen LogP contribution in [0.3, 0.4) is 0 Å². The monoisotopic (exact) mass is 209 g/mol. The maximum atomic E-state index is 3.39. The van der Waals surface area contributed by atoms with Gasteiger partial charge in [-0.25, -0.2) is 0 Å². The van der Waals surface area contributed by atoms with E-state index in [1.807, 2.05) is 11.3 Å². The molecular weight excluding hydrogens is 190 g/mol. The third-order valence-electron chi connectivity index (χ3n) is 1.93. The first-order valence-corrected chi connectivity index (χ1v) is 6.08. The molecule has 78 valence electrons. The molecule has 14 heavy (non-hydrogen) atoms. The molecule has 0 aliphatic heterocycles. The number of hydrogen-bond donors (Lipinski definition) is 1. The Hall–Kier alpha value is -0.600. The Morgan fingerprint density at radius 3 is 2.93 bits per heavy atom. The number of hydrogen-bond acceptors (Lipinski definition) is 2. The summed E-state index contributed by atoms with van der Waals surface area (Å²) < 4.78 is 0. The van der Waals surface area contributed by atoms with Crippen LogP contribution in [0.25, 0.3) is 0 Å². The fourth-order valence-electron chi connectivity index (χ4n) is 1.20. The quantitative estimate of drug-likeness (QED) is 0.560. The summed E-state index contributed by atoms with van der Waals surface area (Å²) in [5, 5.41) is 5.52. The van der Waals surface area contributed by atoms with Gasteiger partial charge in [-0.3, -0.25) is 0 Å². The second kappa shape index (κ2) is 6.80. The minimum absolute atomic E-state index is 0.598. The molecule has 0 atom stereocenters. The second-order valence-electron chi connectivity index (χ2n) is 3.65. The first-order valence-electron chi connectivity index (χ1n) is 5.20. The molecule has 0 aromatic carbocycles. The Labute approximate surface area is 90.9 Å². The summed E-state index contributed by atoms with van der Waals surface area (Å²) in [6, 6.07) is 4.89. The summed E-state index contributed by atoms with van der Waals surface area (Å²) in [7, 11) is 0. The van der Waals surface area contributed by atoms with E-state index in [2.05, 4.69) is 48.8 Å². The van der Waals surface area contributed by atoms with Crippen LogP contribution in [0.4, 0.5) is 0 Å². The fraction of sp³-hybridized carbons (Fsp3) is 0.500. The smallest absolute Gasteiger partial charge is 0.00828 e. The van der Waals surface area contributed by atoms with E-state index in [9.17, 15) is 0 Å². The van der Waals surface area contributed by atoms with Gasteiger partial charge in [0.2, 0.25) is 0 Å². The Morgan fingerprint density at radius 2 is 2.29 bits per heavy atom. The molecule has 0 saturated carbocycles. The van der Waals surface area contributed by atoms with E-state index in [-0.39, 0.29) is 0 Å². The van der Waals surface area contributed by atoms with Crippen molar-refractivity contribution >= 4 is 11.3 Å².